The van der Waals surface area contributed by atoms with Gasteiger partial charge < -0.3 is 11.5 Å². The molecule has 0 aromatic rings. The van der Waals surface area contributed by atoms with Gasteiger partial charge in [-0.2, -0.15) is 0 Å². The van der Waals surface area contributed by atoms with Crippen molar-refractivity contribution in [1.82, 2.24) is 10.3 Å². The van der Waals surface area contributed by atoms with Crippen LogP contribution in [-0.4, -0.2) is 33.2 Å². The maximum Gasteiger partial charge on any atom is 0.251 e. The number of hydrazine groups is 1. The predicted octanol–water partition coefficient (Wildman–Crippen LogP) is -1.98. The van der Waals surface area contributed by atoms with E-state index in [0.29, 0.717) is 13.0 Å². The summed E-state index contributed by atoms with van der Waals surface area (Å²) >= 11 is 0. The summed E-state index contributed by atoms with van der Waals surface area (Å²) in [4.78, 5) is 13.1. The highest BCUT2D eigenvalue weighted by Crippen LogP contribution is 1.97. The first-order valence-electron chi connectivity index (χ1n) is 4.59. The Morgan fingerprint density at radius 1 is 1.40 bits per heavy atom. The number of hydrogen-bond acceptors (Lipinski definition) is 5. The van der Waals surface area contributed by atoms with Crippen LogP contribution in [0.2, 0.25) is 0 Å². The predicted molar refractivity (Wildman–Crippen MR) is 57.0 cm³/mol. The van der Waals surface area contributed by atoms with Crippen LogP contribution in [0, 0.1) is 0 Å². The van der Waals surface area contributed by atoms with Gasteiger partial charge in [0.1, 0.15) is 0 Å². The van der Waals surface area contributed by atoms with E-state index in [1.54, 1.807) is 0 Å². The molecule has 0 aromatic heterocycles. The average Bonchev–Trinajstić information content (AvgIpc) is 2.13. The fraction of sp³-hybridized carbons (Fsp3) is 0.857. The van der Waals surface area contributed by atoms with Crippen LogP contribution < -0.4 is 21.7 Å². The second-order valence-corrected chi connectivity index (χ2v) is 5.00. The molecule has 1 amide bonds. The van der Waals surface area contributed by atoms with Gasteiger partial charge in [0.25, 0.3) is 5.91 Å². The molecule has 0 saturated carbocycles. The number of carbonyl (C=O) groups excluding carboxylic acids is 1. The van der Waals surface area contributed by atoms with Crippen LogP contribution >= 0.6 is 0 Å². The van der Waals surface area contributed by atoms with Crippen molar-refractivity contribution in [1.29, 1.82) is 0 Å². The lowest BCUT2D eigenvalue weighted by atomic mass is 10.1. The van der Waals surface area contributed by atoms with E-state index in [-0.39, 0.29) is 0 Å². The number of hydrogen-bond donors (Lipinski definition) is 4. The van der Waals surface area contributed by atoms with Gasteiger partial charge >= 0.3 is 0 Å². The van der Waals surface area contributed by atoms with Crippen molar-refractivity contribution < 1.29 is 13.2 Å². The van der Waals surface area contributed by atoms with Gasteiger partial charge in [0.15, 0.2) is 0 Å². The van der Waals surface area contributed by atoms with Crippen LogP contribution in [0.5, 0.6) is 0 Å². The summed E-state index contributed by atoms with van der Waals surface area (Å²) in [5.41, 5.74) is 12.8. The number of nitrogens with two attached hydrogens (primary N) is 2. The molecule has 7 nitrogen and oxygen atoms in total. The van der Waals surface area contributed by atoms with Gasteiger partial charge in [-0.25, -0.2) is 8.42 Å². The Morgan fingerprint density at radius 3 is 2.47 bits per heavy atom. The fourth-order valence-electron chi connectivity index (χ4n) is 0.875. The molecule has 6 N–H and O–H groups in total. The normalized spacial score (nSPS) is 13.5. The lowest BCUT2D eigenvalue weighted by Gasteiger charge is -2.11. The molecule has 0 aliphatic heterocycles. The summed E-state index contributed by atoms with van der Waals surface area (Å²) in [6.07, 6.45) is 2.95. The summed E-state index contributed by atoms with van der Waals surface area (Å²) in [6.45, 7) is 0.552. The van der Waals surface area contributed by atoms with E-state index in [0.717, 1.165) is 19.1 Å². The summed E-state index contributed by atoms with van der Waals surface area (Å²) in [7, 11) is -3.44. The maximum absolute atomic E-state index is 11.2. The summed E-state index contributed by atoms with van der Waals surface area (Å²) in [5.74, 6) is -0.544. The monoisotopic (exact) mass is 238 g/mol. The molecule has 0 aromatic carbocycles. The van der Waals surface area contributed by atoms with Crippen molar-refractivity contribution in [3.8, 4) is 0 Å². The van der Waals surface area contributed by atoms with Crippen molar-refractivity contribution in [2.45, 2.75) is 25.3 Å². The van der Waals surface area contributed by atoms with E-state index < -0.39 is 22.0 Å². The van der Waals surface area contributed by atoms with Crippen LogP contribution in [0.1, 0.15) is 19.3 Å². The molecule has 1 atom stereocenters. The minimum atomic E-state index is -3.44. The van der Waals surface area contributed by atoms with Crippen LogP contribution in [0.3, 0.4) is 0 Å². The zero-order valence-electron chi connectivity index (χ0n) is 8.69. The van der Waals surface area contributed by atoms with Crippen LogP contribution in [0.25, 0.3) is 0 Å². The van der Waals surface area contributed by atoms with E-state index in [9.17, 15) is 13.2 Å². The minimum Gasteiger partial charge on any atom is -0.330 e. The van der Waals surface area contributed by atoms with Gasteiger partial charge in [-0.1, -0.05) is 6.42 Å². The number of rotatable bonds is 7. The van der Waals surface area contributed by atoms with Gasteiger partial charge in [0.05, 0.1) is 12.3 Å². The van der Waals surface area contributed by atoms with Crippen molar-refractivity contribution in [2.75, 3.05) is 12.8 Å². The Bertz CT molecular complexity index is 291. The fourth-order valence-corrected chi connectivity index (χ4v) is 1.16. The molecule has 0 spiro atoms. The third kappa shape index (κ3) is 8.30. The highest BCUT2D eigenvalue weighted by Gasteiger charge is 2.13. The van der Waals surface area contributed by atoms with Gasteiger partial charge in [0, 0.05) is 0 Å². The number of sulfonamides is 1. The van der Waals surface area contributed by atoms with E-state index in [2.05, 4.69) is 0 Å². The summed E-state index contributed by atoms with van der Waals surface area (Å²) in [6, 6.07) is -0.717. The molecule has 0 unspecified atom stereocenters. The zero-order chi connectivity index (χ0) is 11.9. The molecule has 0 aliphatic rings. The van der Waals surface area contributed by atoms with Crippen molar-refractivity contribution in [2.24, 2.45) is 11.5 Å². The molecule has 8 heteroatoms. The molecule has 0 heterocycles. The second-order valence-electron chi connectivity index (χ2n) is 3.25. The van der Waals surface area contributed by atoms with Gasteiger partial charge in [-0.15, -0.1) is 4.83 Å². The third-order valence-electron chi connectivity index (χ3n) is 1.67. The molecule has 0 aliphatic carbocycles. The molecule has 90 valence electrons. The first kappa shape index (κ1) is 14.3. The van der Waals surface area contributed by atoms with Crippen LogP contribution in [0.15, 0.2) is 0 Å². The zero-order valence-corrected chi connectivity index (χ0v) is 9.51. The highest BCUT2D eigenvalue weighted by atomic mass is 32.2. The molecular weight excluding hydrogens is 220 g/mol. The molecule has 0 saturated heterocycles. The Balaban J connectivity index is 3.79. The first-order valence-corrected chi connectivity index (χ1v) is 6.48. The molecule has 15 heavy (non-hydrogen) atoms. The van der Waals surface area contributed by atoms with Gasteiger partial charge in [0.2, 0.25) is 10.0 Å². The number of unbranched alkanes of at least 4 members (excludes halogenated alkanes) is 1. The maximum atomic E-state index is 11.2. The van der Waals surface area contributed by atoms with E-state index in [1.807, 2.05) is 10.3 Å². The molecule has 0 bridgehead atoms. The molecule has 0 radical (unpaired) electrons. The molecule has 0 rings (SSSR count). The summed E-state index contributed by atoms with van der Waals surface area (Å²) in [5, 5.41) is 0. The Morgan fingerprint density at radius 2 is 2.00 bits per heavy atom. The highest BCUT2D eigenvalue weighted by molar-refractivity contribution is 7.88. The number of carbonyl (C=O) groups is 1. The lowest BCUT2D eigenvalue weighted by molar-refractivity contribution is -0.123. The molecule has 0 fully saturated rings. The largest absolute Gasteiger partial charge is 0.330 e. The van der Waals surface area contributed by atoms with Crippen LogP contribution in [0.4, 0.5) is 0 Å². The Hall–Kier alpha value is -0.700. The topological polar surface area (TPSA) is 127 Å². The van der Waals surface area contributed by atoms with Crippen molar-refractivity contribution >= 4 is 15.9 Å². The number of amides is 1. The quantitative estimate of drug-likeness (QED) is 0.302. The van der Waals surface area contributed by atoms with Crippen molar-refractivity contribution in [3.05, 3.63) is 0 Å². The van der Waals surface area contributed by atoms with Gasteiger partial charge in [-0.05, 0) is 19.4 Å². The van der Waals surface area contributed by atoms with Crippen LogP contribution in [-0.2, 0) is 14.8 Å². The minimum absolute atomic E-state index is 0.481. The standard InChI is InChI=1S/C7H18N4O3S/c1-15(13,14)11-10-7(12)6(9)4-2-3-5-8/h6,11H,2-5,8-9H2,1H3,(H,10,12)/t6-/m0/s1. The first-order chi connectivity index (χ1) is 6.87. The van der Waals surface area contributed by atoms with E-state index in [1.165, 1.54) is 0 Å². The Labute approximate surface area is 89.6 Å². The second kappa shape index (κ2) is 6.72. The van der Waals surface area contributed by atoms with E-state index in [4.69, 9.17) is 11.5 Å². The van der Waals surface area contributed by atoms with E-state index >= 15 is 0 Å². The lowest BCUT2D eigenvalue weighted by Crippen LogP contribution is -2.48. The van der Waals surface area contributed by atoms with Gasteiger partial charge in [-0.3, -0.25) is 10.2 Å². The SMILES string of the molecule is CS(=O)(=O)NNC(=O)[C@@H](N)CCCCN. The Kier molecular flexibility index (Phi) is 6.41. The number of nitrogens with one attached hydrogen (secondary N) is 2. The van der Waals surface area contributed by atoms with Crippen molar-refractivity contribution in [3.63, 3.8) is 0 Å². The average molecular weight is 238 g/mol. The smallest absolute Gasteiger partial charge is 0.251 e. The summed E-state index contributed by atoms with van der Waals surface area (Å²) < 4.78 is 21.3. The molecular formula is C7H18N4O3S. The third-order valence-corrected chi connectivity index (χ3v) is 2.14.